The van der Waals surface area contributed by atoms with Crippen molar-refractivity contribution in [3.8, 4) is 0 Å². The van der Waals surface area contributed by atoms with Gasteiger partial charge in [-0.05, 0) is 51.9 Å². The predicted molar refractivity (Wildman–Crippen MR) is 89.7 cm³/mol. The number of aliphatic imine (C=N–C) groups is 1. The van der Waals surface area contributed by atoms with Crippen molar-refractivity contribution in [2.24, 2.45) is 10.7 Å². The summed E-state index contributed by atoms with van der Waals surface area (Å²) < 4.78 is 14.3. The lowest BCUT2D eigenvalue weighted by Gasteiger charge is -2.27. The molecular weight excluding hydrogens is 303 g/mol. The van der Waals surface area contributed by atoms with Gasteiger partial charge in [0.25, 0.3) is 0 Å². The van der Waals surface area contributed by atoms with E-state index in [2.05, 4.69) is 15.2 Å². The maximum atomic E-state index is 14.3. The zero-order valence-electron chi connectivity index (χ0n) is 13.1. The summed E-state index contributed by atoms with van der Waals surface area (Å²) in [7, 11) is 0. The molecule has 0 saturated carbocycles. The molecule has 0 radical (unpaired) electrons. The topological polar surface area (TPSA) is 53.6 Å². The van der Waals surface area contributed by atoms with E-state index in [0.29, 0.717) is 23.1 Å². The van der Waals surface area contributed by atoms with Gasteiger partial charge < -0.3 is 11.1 Å². The second-order valence-corrected chi connectivity index (χ2v) is 6.33. The number of rotatable bonds is 5. The molecule has 0 aliphatic carbocycles. The zero-order valence-corrected chi connectivity index (χ0v) is 13.9. The van der Waals surface area contributed by atoms with Crippen LogP contribution in [0.1, 0.15) is 38.3 Å². The van der Waals surface area contributed by atoms with E-state index in [-0.39, 0.29) is 17.9 Å². The summed E-state index contributed by atoms with van der Waals surface area (Å²) in [6.45, 7) is 6.25. The first-order valence-corrected chi connectivity index (χ1v) is 8.11. The van der Waals surface area contributed by atoms with Crippen molar-refractivity contribution < 1.29 is 4.39 Å². The van der Waals surface area contributed by atoms with Crippen LogP contribution in [0.3, 0.4) is 0 Å². The predicted octanol–water partition coefficient (Wildman–Crippen LogP) is 2.93. The molecule has 1 aromatic carbocycles. The van der Waals surface area contributed by atoms with Crippen LogP contribution in [-0.4, -0.2) is 36.5 Å². The monoisotopic (exact) mass is 326 g/mol. The quantitative estimate of drug-likeness (QED) is 0.646. The van der Waals surface area contributed by atoms with Gasteiger partial charge in [-0.25, -0.2) is 4.39 Å². The van der Waals surface area contributed by atoms with Gasteiger partial charge in [-0.1, -0.05) is 17.7 Å². The third-order valence-electron chi connectivity index (χ3n) is 3.79. The van der Waals surface area contributed by atoms with Crippen molar-refractivity contribution in [2.75, 3.05) is 19.6 Å². The van der Waals surface area contributed by atoms with Crippen LogP contribution in [0, 0.1) is 5.82 Å². The molecule has 6 heteroatoms. The summed E-state index contributed by atoms with van der Waals surface area (Å²) in [5, 5.41) is 3.50. The molecule has 1 aliphatic rings. The van der Waals surface area contributed by atoms with E-state index in [1.807, 2.05) is 13.8 Å². The third-order valence-corrected chi connectivity index (χ3v) is 4.12. The smallest absolute Gasteiger partial charge is 0.188 e. The molecular formula is C16H24ClFN4. The molecule has 1 atom stereocenters. The fourth-order valence-corrected chi connectivity index (χ4v) is 3.09. The normalized spacial score (nSPS) is 18.0. The minimum Gasteiger partial charge on any atom is -0.370 e. The van der Waals surface area contributed by atoms with Crippen molar-refractivity contribution in [3.63, 3.8) is 0 Å². The lowest BCUT2D eigenvalue weighted by molar-refractivity contribution is 0.246. The Kier molecular flexibility index (Phi) is 6.03. The molecule has 3 N–H and O–H groups in total. The van der Waals surface area contributed by atoms with Crippen LogP contribution < -0.4 is 11.1 Å². The second-order valence-electron chi connectivity index (χ2n) is 5.92. The van der Waals surface area contributed by atoms with Crippen LogP contribution in [-0.2, 0) is 0 Å². The molecule has 1 fully saturated rings. The average molecular weight is 327 g/mol. The maximum Gasteiger partial charge on any atom is 0.188 e. The standard InChI is InChI=1S/C16H24ClFN4/c1-11(2)21-16(19)20-10-14(22-8-3-4-9-22)15-12(17)6-5-7-13(15)18/h5-7,11,14H,3-4,8-10H2,1-2H3,(H3,19,20,21). The molecule has 0 aromatic heterocycles. The summed E-state index contributed by atoms with van der Waals surface area (Å²) in [6.07, 6.45) is 2.23. The van der Waals surface area contributed by atoms with E-state index in [0.717, 1.165) is 25.9 Å². The van der Waals surface area contributed by atoms with E-state index in [1.165, 1.54) is 6.07 Å². The van der Waals surface area contributed by atoms with Gasteiger partial charge >= 0.3 is 0 Å². The molecule has 1 unspecified atom stereocenters. The summed E-state index contributed by atoms with van der Waals surface area (Å²) in [4.78, 5) is 6.62. The third kappa shape index (κ3) is 4.34. The number of hydrogen-bond acceptors (Lipinski definition) is 2. The number of nitrogens with one attached hydrogen (secondary N) is 1. The Bertz CT molecular complexity index is 507. The highest BCUT2D eigenvalue weighted by molar-refractivity contribution is 6.31. The van der Waals surface area contributed by atoms with Crippen molar-refractivity contribution in [1.82, 2.24) is 10.2 Å². The molecule has 0 bridgehead atoms. The number of hydrogen-bond donors (Lipinski definition) is 2. The van der Waals surface area contributed by atoms with E-state index >= 15 is 0 Å². The van der Waals surface area contributed by atoms with Crippen LogP contribution >= 0.6 is 11.6 Å². The first-order chi connectivity index (χ1) is 10.5. The molecule has 1 saturated heterocycles. The Hall–Kier alpha value is -1.33. The molecule has 1 aromatic rings. The van der Waals surface area contributed by atoms with Gasteiger partial charge in [0.05, 0.1) is 12.6 Å². The maximum absolute atomic E-state index is 14.3. The average Bonchev–Trinajstić information content (AvgIpc) is 2.95. The second kappa shape index (κ2) is 7.79. The Balaban J connectivity index is 2.23. The lowest BCUT2D eigenvalue weighted by atomic mass is 10.0. The number of likely N-dealkylation sites (tertiary alicyclic amines) is 1. The number of benzene rings is 1. The molecule has 122 valence electrons. The number of nitrogens with zero attached hydrogens (tertiary/aromatic N) is 2. The summed E-state index contributed by atoms with van der Waals surface area (Å²) in [5.41, 5.74) is 6.39. The van der Waals surface area contributed by atoms with Gasteiger partial charge in [-0.15, -0.1) is 0 Å². The fraction of sp³-hybridized carbons (Fsp3) is 0.562. The largest absolute Gasteiger partial charge is 0.370 e. The Morgan fingerprint density at radius 2 is 2.09 bits per heavy atom. The zero-order chi connectivity index (χ0) is 16.1. The van der Waals surface area contributed by atoms with Gasteiger partial charge in [-0.3, -0.25) is 9.89 Å². The number of halogens is 2. The van der Waals surface area contributed by atoms with Gasteiger partial charge in [0, 0.05) is 16.6 Å². The van der Waals surface area contributed by atoms with Crippen LogP contribution in [0.4, 0.5) is 4.39 Å². The van der Waals surface area contributed by atoms with Crippen molar-refractivity contribution >= 4 is 17.6 Å². The SMILES string of the molecule is CC(C)NC(N)=NCC(c1c(F)cccc1Cl)N1CCCC1. The van der Waals surface area contributed by atoms with Gasteiger partial charge in [0.2, 0.25) is 0 Å². The molecule has 22 heavy (non-hydrogen) atoms. The highest BCUT2D eigenvalue weighted by Crippen LogP contribution is 2.32. The highest BCUT2D eigenvalue weighted by atomic mass is 35.5. The molecule has 2 rings (SSSR count). The van der Waals surface area contributed by atoms with Crippen LogP contribution in [0.2, 0.25) is 5.02 Å². The van der Waals surface area contributed by atoms with Crippen molar-refractivity contribution in [2.45, 2.75) is 38.8 Å². The van der Waals surface area contributed by atoms with E-state index < -0.39 is 0 Å². The molecule has 0 amide bonds. The lowest BCUT2D eigenvalue weighted by Crippen LogP contribution is -2.38. The van der Waals surface area contributed by atoms with Crippen LogP contribution in [0.25, 0.3) is 0 Å². The van der Waals surface area contributed by atoms with Gasteiger partial charge in [0.15, 0.2) is 5.96 Å². The fourth-order valence-electron chi connectivity index (χ4n) is 2.80. The van der Waals surface area contributed by atoms with E-state index in [9.17, 15) is 4.39 Å². The number of guanidine groups is 1. The first-order valence-electron chi connectivity index (χ1n) is 7.73. The Morgan fingerprint density at radius 3 is 2.68 bits per heavy atom. The highest BCUT2D eigenvalue weighted by Gasteiger charge is 2.27. The van der Waals surface area contributed by atoms with E-state index in [1.54, 1.807) is 12.1 Å². The summed E-state index contributed by atoms with van der Waals surface area (Å²) in [5.74, 6) is 0.0987. The van der Waals surface area contributed by atoms with Crippen LogP contribution in [0.15, 0.2) is 23.2 Å². The van der Waals surface area contributed by atoms with Gasteiger partial charge in [0.1, 0.15) is 5.82 Å². The molecule has 0 spiro atoms. The Morgan fingerprint density at radius 1 is 1.41 bits per heavy atom. The number of nitrogens with two attached hydrogens (primary N) is 1. The molecule has 1 aliphatic heterocycles. The van der Waals surface area contributed by atoms with Crippen LogP contribution in [0.5, 0.6) is 0 Å². The Labute approximate surface area is 136 Å². The minimum absolute atomic E-state index is 0.177. The van der Waals surface area contributed by atoms with Crippen molar-refractivity contribution in [3.05, 3.63) is 34.6 Å². The van der Waals surface area contributed by atoms with Gasteiger partial charge in [-0.2, -0.15) is 0 Å². The summed E-state index contributed by atoms with van der Waals surface area (Å²) in [6, 6.07) is 4.83. The molecule has 4 nitrogen and oxygen atoms in total. The first kappa shape index (κ1) is 17.0. The molecule has 1 heterocycles. The summed E-state index contributed by atoms with van der Waals surface area (Å²) >= 11 is 6.24. The minimum atomic E-state index is -0.282. The van der Waals surface area contributed by atoms with Crippen molar-refractivity contribution in [1.29, 1.82) is 0 Å². The van der Waals surface area contributed by atoms with E-state index in [4.69, 9.17) is 17.3 Å².